The lowest BCUT2D eigenvalue weighted by molar-refractivity contribution is -0.137. The summed E-state index contributed by atoms with van der Waals surface area (Å²) in [7, 11) is 0. The largest absolute Gasteiger partial charge is 0.416 e. The maximum absolute atomic E-state index is 12.7. The fourth-order valence-corrected chi connectivity index (χ4v) is 2.99. The molecule has 3 rings (SSSR count). The normalized spacial score (nSPS) is 12.8. The van der Waals surface area contributed by atoms with E-state index in [9.17, 15) is 13.2 Å². The molecule has 122 valence electrons. The van der Waals surface area contributed by atoms with Crippen LogP contribution in [0.5, 0.6) is 0 Å². The van der Waals surface area contributed by atoms with Crippen molar-refractivity contribution in [3.63, 3.8) is 0 Å². The zero-order valence-corrected chi connectivity index (χ0v) is 13.7. The molecule has 0 amide bonds. The van der Waals surface area contributed by atoms with Gasteiger partial charge in [0.05, 0.1) is 5.56 Å². The van der Waals surface area contributed by atoms with Gasteiger partial charge in [0, 0.05) is 22.7 Å². The second kappa shape index (κ2) is 5.26. The van der Waals surface area contributed by atoms with Crippen LogP contribution in [0.4, 0.5) is 19.0 Å². The first-order chi connectivity index (χ1) is 10.6. The van der Waals surface area contributed by atoms with Gasteiger partial charge in [-0.1, -0.05) is 12.1 Å². The second-order valence-electron chi connectivity index (χ2n) is 6.31. The number of imidazole rings is 1. The van der Waals surface area contributed by atoms with Crippen molar-refractivity contribution >= 4 is 22.1 Å². The van der Waals surface area contributed by atoms with Gasteiger partial charge in [0.2, 0.25) is 0 Å². The third-order valence-corrected chi connectivity index (χ3v) is 4.00. The third kappa shape index (κ3) is 3.19. The molecule has 0 fully saturated rings. The quantitative estimate of drug-likeness (QED) is 0.687. The Morgan fingerprint density at radius 1 is 1.09 bits per heavy atom. The Morgan fingerprint density at radius 3 is 2.30 bits per heavy atom. The van der Waals surface area contributed by atoms with Crippen molar-refractivity contribution < 1.29 is 13.2 Å². The number of nitrogens with zero attached hydrogens (tertiary/aromatic N) is 2. The van der Waals surface area contributed by atoms with Crippen molar-refractivity contribution in [2.24, 2.45) is 0 Å². The van der Waals surface area contributed by atoms with Gasteiger partial charge in [-0.3, -0.25) is 4.40 Å². The molecule has 1 N–H and O–H groups in total. The van der Waals surface area contributed by atoms with E-state index in [1.807, 2.05) is 36.7 Å². The van der Waals surface area contributed by atoms with Crippen molar-refractivity contribution in [2.45, 2.75) is 32.5 Å². The molecule has 7 heteroatoms. The number of benzene rings is 1. The molecule has 0 saturated carbocycles. The van der Waals surface area contributed by atoms with Crippen LogP contribution in [0.15, 0.2) is 35.8 Å². The third-order valence-electron chi connectivity index (χ3n) is 3.24. The number of hydrogen-bond acceptors (Lipinski definition) is 3. The maximum Gasteiger partial charge on any atom is 0.416 e. The van der Waals surface area contributed by atoms with E-state index in [0.29, 0.717) is 11.3 Å². The molecule has 0 bridgehead atoms. The predicted octanol–water partition coefficient (Wildman–Crippen LogP) is 5.29. The Bertz CT molecular complexity index is 823. The molecular weight excluding hydrogens is 323 g/mol. The number of hydrogen-bond donors (Lipinski definition) is 1. The van der Waals surface area contributed by atoms with Gasteiger partial charge in [-0.2, -0.15) is 13.2 Å². The van der Waals surface area contributed by atoms with Gasteiger partial charge in [-0.15, -0.1) is 11.3 Å². The summed E-state index contributed by atoms with van der Waals surface area (Å²) in [5.74, 6) is 0.786. The number of alkyl halides is 3. The molecular formula is C16H16F3N3S. The SMILES string of the molecule is CC(C)(C)Nc1c(-c2ccc(C(F)(F)F)cc2)nc2sccn12. The van der Waals surface area contributed by atoms with Gasteiger partial charge in [0.1, 0.15) is 11.5 Å². The van der Waals surface area contributed by atoms with Crippen LogP contribution >= 0.6 is 11.3 Å². The molecule has 1 aromatic carbocycles. The van der Waals surface area contributed by atoms with Gasteiger partial charge in [0.25, 0.3) is 0 Å². The van der Waals surface area contributed by atoms with Crippen LogP contribution < -0.4 is 5.32 Å². The van der Waals surface area contributed by atoms with Crippen LogP contribution in [-0.2, 0) is 6.18 Å². The van der Waals surface area contributed by atoms with Gasteiger partial charge >= 0.3 is 6.18 Å². The summed E-state index contributed by atoms with van der Waals surface area (Å²) in [5.41, 5.74) is 0.451. The number of nitrogens with one attached hydrogen (secondary N) is 1. The van der Waals surface area contributed by atoms with Crippen molar-refractivity contribution in [1.82, 2.24) is 9.38 Å². The van der Waals surface area contributed by atoms with Gasteiger partial charge in [-0.25, -0.2) is 4.98 Å². The molecule has 23 heavy (non-hydrogen) atoms. The van der Waals surface area contributed by atoms with Gasteiger partial charge < -0.3 is 5.32 Å². The molecule has 0 spiro atoms. The van der Waals surface area contributed by atoms with Crippen LogP contribution in [0, 0.1) is 0 Å². The Balaban J connectivity index is 2.08. The van der Waals surface area contributed by atoms with E-state index in [1.54, 1.807) is 0 Å². The highest BCUT2D eigenvalue weighted by molar-refractivity contribution is 7.15. The maximum atomic E-state index is 12.7. The smallest absolute Gasteiger partial charge is 0.365 e. The Labute approximate surface area is 135 Å². The summed E-state index contributed by atoms with van der Waals surface area (Å²) in [6, 6.07) is 5.10. The van der Waals surface area contributed by atoms with Crippen LogP contribution in [0.2, 0.25) is 0 Å². The standard InChI is InChI=1S/C16H16F3N3S/c1-15(2,3)21-13-12(20-14-22(13)8-9-23-14)10-4-6-11(7-5-10)16(17,18)19/h4-9,21H,1-3H3. The van der Waals surface area contributed by atoms with E-state index in [1.165, 1.54) is 23.5 Å². The first kappa shape index (κ1) is 15.9. The van der Waals surface area contributed by atoms with Crippen LogP contribution in [0.1, 0.15) is 26.3 Å². The average molecular weight is 339 g/mol. The zero-order chi connectivity index (χ0) is 16.8. The van der Waals surface area contributed by atoms with E-state index in [0.717, 1.165) is 22.9 Å². The zero-order valence-electron chi connectivity index (χ0n) is 12.9. The minimum Gasteiger partial charge on any atom is -0.365 e. The van der Waals surface area contributed by atoms with Crippen LogP contribution in [0.25, 0.3) is 16.2 Å². The van der Waals surface area contributed by atoms with Crippen molar-refractivity contribution in [2.75, 3.05) is 5.32 Å². The molecule has 3 aromatic rings. The molecule has 0 atom stereocenters. The minimum absolute atomic E-state index is 0.196. The van der Waals surface area contributed by atoms with Gasteiger partial charge in [0.15, 0.2) is 4.96 Å². The molecule has 0 radical (unpaired) electrons. The fraction of sp³-hybridized carbons (Fsp3) is 0.312. The van der Waals surface area contributed by atoms with Crippen molar-refractivity contribution in [3.05, 3.63) is 41.4 Å². The number of anilines is 1. The molecule has 2 aromatic heterocycles. The number of thiazole rings is 1. The molecule has 0 saturated heterocycles. The highest BCUT2D eigenvalue weighted by atomic mass is 32.1. The Morgan fingerprint density at radius 2 is 1.74 bits per heavy atom. The number of rotatable bonds is 2. The highest BCUT2D eigenvalue weighted by Crippen LogP contribution is 2.35. The molecule has 0 aliphatic carbocycles. The lowest BCUT2D eigenvalue weighted by Gasteiger charge is -2.22. The van der Waals surface area contributed by atoms with E-state index >= 15 is 0 Å². The summed E-state index contributed by atoms with van der Waals surface area (Å²) in [4.78, 5) is 5.35. The van der Waals surface area contributed by atoms with E-state index in [2.05, 4.69) is 10.3 Å². The Hall–Kier alpha value is -2.02. The van der Waals surface area contributed by atoms with Crippen LogP contribution in [-0.4, -0.2) is 14.9 Å². The van der Waals surface area contributed by atoms with E-state index in [4.69, 9.17) is 0 Å². The minimum atomic E-state index is -4.33. The van der Waals surface area contributed by atoms with Crippen LogP contribution in [0.3, 0.4) is 0 Å². The predicted molar refractivity (Wildman–Crippen MR) is 86.9 cm³/mol. The molecule has 0 unspecified atom stereocenters. The molecule has 0 aliphatic heterocycles. The summed E-state index contributed by atoms with van der Waals surface area (Å²) in [6.45, 7) is 6.07. The molecule has 0 aliphatic rings. The Kier molecular flexibility index (Phi) is 3.63. The topological polar surface area (TPSA) is 29.3 Å². The fourth-order valence-electron chi connectivity index (χ4n) is 2.28. The first-order valence-corrected chi connectivity index (χ1v) is 7.94. The monoisotopic (exact) mass is 339 g/mol. The number of halogens is 3. The second-order valence-corrected chi connectivity index (χ2v) is 7.19. The average Bonchev–Trinajstić information content (AvgIpc) is 2.99. The van der Waals surface area contributed by atoms with Crippen molar-refractivity contribution in [3.8, 4) is 11.3 Å². The van der Waals surface area contributed by atoms with Crippen molar-refractivity contribution in [1.29, 1.82) is 0 Å². The lowest BCUT2D eigenvalue weighted by Crippen LogP contribution is -2.27. The number of fused-ring (bicyclic) bond motifs is 1. The summed E-state index contributed by atoms with van der Waals surface area (Å²) in [6.07, 6.45) is -2.44. The first-order valence-electron chi connectivity index (χ1n) is 7.06. The summed E-state index contributed by atoms with van der Waals surface area (Å²) in [5, 5.41) is 5.31. The molecule has 3 nitrogen and oxygen atoms in total. The van der Waals surface area contributed by atoms with E-state index in [-0.39, 0.29) is 5.54 Å². The molecule has 2 heterocycles. The summed E-state index contributed by atoms with van der Waals surface area (Å²) >= 11 is 1.48. The number of aromatic nitrogens is 2. The summed E-state index contributed by atoms with van der Waals surface area (Å²) < 4.78 is 40.1. The lowest BCUT2D eigenvalue weighted by atomic mass is 10.1. The van der Waals surface area contributed by atoms with E-state index < -0.39 is 11.7 Å². The van der Waals surface area contributed by atoms with Gasteiger partial charge in [-0.05, 0) is 32.9 Å². The highest BCUT2D eigenvalue weighted by Gasteiger charge is 2.30.